The fourth-order valence-corrected chi connectivity index (χ4v) is 1.98. The number of nitrogens with zero attached hydrogens (tertiary/aromatic N) is 2. The lowest BCUT2D eigenvalue weighted by Gasteiger charge is -2.11. The fraction of sp³-hybridized carbons (Fsp3) is 0.125. The van der Waals surface area contributed by atoms with Crippen LogP contribution < -0.4 is 4.90 Å². The molecule has 0 atom stereocenters. The molecule has 2 rings (SSSR count). The summed E-state index contributed by atoms with van der Waals surface area (Å²) in [6, 6.07) is 12.4. The maximum atomic E-state index is 10.8. The van der Waals surface area contributed by atoms with Gasteiger partial charge in [-0.1, -0.05) is 23.7 Å². The van der Waals surface area contributed by atoms with Gasteiger partial charge in [0.25, 0.3) is 0 Å². The second-order valence-electron chi connectivity index (χ2n) is 4.72. The largest absolute Gasteiger partial charge is 0.478 e. The van der Waals surface area contributed by atoms with Crippen LogP contribution in [0.25, 0.3) is 0 Å². The van der Waals surface area contributed by atoms with Crippen LogP contribution in [0.5, 0.6) is 0 Å². The predicted molar refractivity (Wildman–Crippen MR) is 86.4 cm³/mol. The molecule has 2 aromatic rings. The first-order valence-corrected chi connectivity index (χ1v) is 6.69. The van der Waals surface area contributed by atoms with Gasteiger partial charge in [0.05, 0.1) is 16.3 Å². The molecular formula is C16H15ClN2O2. The molecule has 0 bridgehead atoms. The second-order valence-corrected chi connectivity index (χ2v) is 5.12. The van der Waals surface area contributed by atoms with Gasteiger partial charge in [0.1, 0.15) is 0 Å². The van der Waals surface area contributed by atoms with E-state index in [1.165, 1.54) is 12.1 Å². The monoisotopic (exact) mass is 302 g/mol. The van der Waals surface area contributed by atoms with Crippen molar-refractivity contribution in [3.8, 4) is 0 Å². The van der Waals surface area contributed by atoms with Crippen molar-refractivity contribution in [2.24, 2.45) is 4.99 Å². The van der Waals surface area contributed by atoms with E-state index in [0.29, 0.717) is 10.7 Å². The minimum absolute atomic E-state index is 0.147. The number of carbonyl (C=O) groups is 1. The molecule has 4 nitrogen and oxygen atoms in total. The normalized spacial score (nSPS) is 10.8. The molecule has 0 heterocycles. The minimum atomic E-state index is -1.01. The van der Waals surface area contributed by atoms with Gasteiger partial charge >= 0.3 is 5.97 Å². The van der Waals surface area contributed by atoms with Crippen LogP contribution in [0, 0.1) is 0 Å². The van der Waals surface area contributed by atoms with Gasteiger partial charge in [-0.25, -0.2) is 4.79 Å². The third-order valence-corrected chi connectivity index (χ3v) is 3.26. The number of aliphatic imine (C=N–C) groups is 1. The number of halogens is 1. The lowest BCUT2D eigenvalue weighted by Crippen LogP contribution is -2.08. The smallest absolute Gasteiger partial charge is 0.335 e. The molecule has 1 N–H and O–H groups in total. The van der Waals surface area contributed by atoms with E-state index in [2.05, 4.69) is 4.99 Å². The zero-order valence-electron chi connectivity index (χ0n) is 11.7. The number of hydrogen-bond acceptors (Lipinski definition) is 3. The van der Waals surface area contributed by atoms with Crippen molar-refractivity contribution in [2.45, 2.75) is 0 Å². The molecule has 21 heavy (non-hydrogen) atoms. The third kappa shape index (κ3) is 3.83. The average molecular weight is 303 g/mol. The van der Waals surface area contributed by atoms with E-state index >= 15 is 0 Å². The number of hydrogen-bond donors (Lipinski definition) is 1. The molecule has 0 amide bonds. The Morgan fingerprint density at radius 1 is 1.19 bits per heavy atom. The molecule has 5 heteroatoms. The Hall–Kier alpha value is -2.33. The fourth-order valence-electron chi connectivity index (χ4n) is 1.75. The van der Waals surface area contributed by atoms with Crippen molar-refractivity contribution in [1.82, 2.24) is 0 Å². The first-order chi connectivity index (χ1) is 9.97. The molecule has 0 aliphatic heterocycles. The first-order valence-electron chi connectivity index (χ1n) is 6.31. The number of anilines is 1. The Labute approximate surface area is 128 Å². The molecule has 0 fully saturated rings. The van der Waals surface area contributed by atoms with Gasteiger partial charge in [0.2, 0.25) is 0 Å². The summed E-state index contributed by atoms with van der Waals surface area (Å²) < 4.78 is 0. The number of aromatic carboxylic acids is 1. The number of carboxylic acids is 1. The van der Waals surface area contributed by atoms with Crippen LogP contribution >= 0.6 is 11.6 Å². The van der Waals surface area contributed by atoms with Gasteiger partial charge in [0, 0.05) is 26.0 Å². The summed E-state index contributed by atoms with van der Waals surface area (Å²) in [7, 11) is 3.96. The molecule has 0 spiro atoms. The van der Waals surface area contributed by atoms with Gasteiger partial charge in [-0.3, -0.25) is 4.99 Å². The van der Waals surface area contributed by atoms with Gasteiger partial charge in [-0.2, -0.15) is 0 Å². The Morgan fingerprint density at radius 3 is 2.38 bits per heavy atom. The number of rotatable bonds is 4. The first kappa shape index (κ1) is 15.1. The van der Waals surface area contributed by atoms with Crippen LogP contribution in [0.1, 0.15) is 15.9 Å². The molecule has 0 saturated carbocycles. The Balaban J connectivity index is 2.19. The highest BCUT2D eigenvalue weighted by Gasteiger charge is 2.05. The van der Waals surface area contributed by atoms with Crippen LogP contribution in [-0.2, 0) is 0 Å². The van der Waals surface area contributed by atoms with Crippen LogP contribution in [0.15, 0.2) is 47.5 Å². The number of benzene rings is 2. The van der Waals surface area contributed by atoms with E-state index in [9.17, 15) is 4.79 Å². The Kier molecular flexibility index (Phi) is 4.60. The molecule has 0 aromatic heterocycles. The third-order valence-electron chi connectivity index (χ3n) is 2.96. The SMILES string of the molecule is CN(C)c1ccc(C=Nc2ccc(C(=O)O)cc2Cl)cc1. The maximum absolute atomic E-state index is 10.8. The summed E-state index contributed by atoms with van der Waals surface area (Å²) in [5, 5.41) is 9.19. The van der Waals surface area contributed by atoms with Crippen LogP contribution in [0.2, 0.25) is 5.02 Å². The molecule has 2 aromatic carbocycles. The van der Waals surface area contributed by atoms with Gasteiger partial charge in [-0.05, 0) is 35.9 Å². The molecular weight excluding hydrogens is 288 g/mol. The van der Waals surface area contributed by atoms with E-state index in [1.54, 1.807) is 12.3 Å². The average Bonchev–Trinajstić information content (AvgIpc) is 2.46. The van der Waals surface area contributed by atoms with Crippen LogP contribution in [0.4, 0.5) is 11.4 Å². The summed E-state index contributed by atoms with van der Waals surface area (Å²) in [5.41, 5.74) is 2.74. The van der Waals surface area contributed by atoms with E-state index in [4.69, 9.17) is 16.7 Å². The van der Waals surface area contributed by atoms with Gasteiger partial charge in [-0.15, -0.1) is 0 Å². The molecule has 108 valence electrons. The molecule has 0 unspecified atom stereocenters. The maximum Gasteiger partial charge on any atom is 0.335 e. The second kappa shape index (κ2) is 6.41. The number of carboxylic acid groups (broad SMARTS) is 1. The molecule has 0 aliphatic carbocycles. The van der Waals surface area contributed by atoms with Crippen molar-refractivity contribution >= 4 is 35.2 Å². The highest BCUT2D eigenvalue weighted by Crippen LogP contribution is 2.26. The van der Waals surface area contributed by atoms with Crippen molar-refractivity contribution < 1.29 is 9.90 Å². The highest BCUT2D eigenvalue weighted by atomic mass is 35.5. The lowest BCUT2D eigenvalue weighted by atomic mass is 10.2. The van der Waals surface area contributed by atoms with Crippen molar-refractivity contribution in [2.75, 3.05) is 19.0 Å². The van der Waals surface area contributed by atoms with Crippen molar-refractivity contribution in [3.63, 3.8) is 0 Å². The van der Waals surface area contributed by atoms with Crippen molar-refractivity contribution in [1.29, 1.82) is 0 Å². The predicted octanol–water partition coefficient (Wildman–Crippen LogP) is 3.85. The quantitative estimate of drug-likeness (QED) is 0.873. The van der Waals surface area contributed by atoms with Gasteiger partial charge in [0.15, 0.2) is 0 Å². The van der Waals surface area contributed by atoms with E-state index in [0.717, 1.165) is 11.3 Å². The Morgan fingerprint density at radius 2 is 1.86 bits per heavy atom. The standard InChI is InChI=1S/C16H15ClN2O2/c1-19(2)13-6-3-11(4-7-13)10-18-15-8-5-12(16(20)21)9-14(15)17/h3-10H,1-2H3,(H,20,21). The molecule has 0 aliphatic rings. The van der Waals surface area contributed by atoms with E-state index in [1.807, 2.05) is 43.3 Å². The minimum Gasteiger partial charge on any atom is -0.478 e. The van der Waals surface area contributed by atoms with Crippen molar-refractivity contribution in [3.05, 3.63) is 58.6 Å². The zero-order valence-corrected chi connectivity index (χ0v) is 12.5. The topological polar surface area (TPSA) is 52.9 Å². The highest BCUT2D eigenvalue weighted by molar-refractivity contribution is 6.33. The van der Waals surface area contributed by atoms with Gasteiger partial charge < -0.3 is 10.0 Å². The Bertz CT molecular complexity index is 679. The van der Waals surface area contributed by atoms with E-state index in [-0.39, 0.29) is 5.56 Å². The summed E-state index contributed by atoms with van der Waals surface area (Å²) in [6.07, 6.45) is 1.70. The molecule has 0 saturated heterocycles. The lowest BCUT2D eigenvalue weighted by molar-refractivity contribution is 0.0697. The summed E-state index contributed by atoms with van der Waals surface area (Å²) in [4.78, 5) is 17.1. The summed E-state index contributed by atoms with van der Waals surface area (Å²) in [6.45, 7) is 0. The van der Waals surface area contributed by atoms with Crippen LogP contribution in [-0.4, -0.2) is 31.4 Å². The molecule has 0 radical (unpaired) electrons. The zero-order chi connectivity index (χ0) is 15.4. The summed E-state index contributed by atoms with van der Waals surface area (Å²) >= 11 is 6.02. The summed E-state index contributed by atoms with van der Waals surface area (Å²) in [5.74, 6) is -1.01. The van der Waals surface area contributed by atoms with Crippen LogP contribution in [0.3, 0.4) is 0 Å². The van der Waals surface area contributed by atoms with E-state index < -0.39 is 5.97 Å².